The number of hydrogen-bond donors (Lipinski definition) is 1. The van der Waals surface area contributed by atoms with Crippen molar-refractivity contribution in [3.05, 3.63) is 64.7 Å². The minimum atomic E-state index is -0.445. The molecule has 26 heavy (non-hydrogen) atoms. The average molecular weight is 352 g/mol. The molecule has 2 aromatic rings. The van der Waals surface area contributed by atoms with Crippen LogP contribution in [-0.4, -0.2) is 36.5 Å². The molecule has 0 fully saturated rings. The van der Waals surface area contributed by atoms with E-state index in [-0.39, 0.29) is 18.4 Å². The number of esters is 1. The number of aryl methyl sites for hydroxylation is 2. The first-order valence-corrected chi connectivity index (χ1v) is 8.73. The van der Waals surface area contributed by atoms with Crippen LogP contribution in [0.5, 0.6) is 0 Å². The van der Waals surface area contributed by atoms with Crippen LogP contribution in [0.4, 0.5) is 5.69 Å². The highest BCUT2D eigenvalue weighted by atomic mass is 16.5. The summed E-state index contributed by atoms with van der Waals surface area (Å²) in [5, 5.41) is 2.97. The fourth-order valence-corrected chi connectivity index (χ4v) is 3.36. The maximum Gasteiger partial charge on any atom is 0.323 e. The molecule has 0 spiro atoms. The van der Waals surface area contributed by atoms with Crippen molar-refractivity contribution < 1.29 is 14.3 Å². The van der Waals surface area contributed by atoms with E-state index in [1.165, 1.54) is 7.11 Å². The van der Waals surface area contributed by atoms with E-state index >= 15 is 0 Å². The summed E-state index contributed by atoms with van der Waals surface area (Å²) in [6.45, 7) is 4.64. The smallest absolute Gasteiger partial charge is 0.323 e. The number of carbonyl (C=O) groups excluding carboxylic acids is 2. The Morgan fingerprint density at radius 2 is 1.88 bits per heavy atom. The van der Waals surface area contributed by atoms with E-state index < -0.39 is 6.04 Å². The molecule has 1 aliphatic rings. The summed E-state index contributed by atoms with van der Waals surface area (Å²) in [4.78, 5) is 26.7. The Hall–Kier alpha value is -2.66. The van der Waals surface area contributed by atoms with E-state index in [9.17, 15) is 9.59 Å². The molecule has 1 atom stereocenters. The fourth-order valence-electron chi connectivity index (χ4n) is 3.36. The van der Waals surface area contributed by atoms with E-state index in [1.807, 2.05) is 61.2 Å². The topological polar surface area (TPSA) is 58.6 Å². The third kappa shape index (κ3) is 3.94. The molecule has 0 bridgehead atoms. The lowest BCUT2D eigenvalue weighted by Gasteiger charge is -2.34. The summed E-state index contributed by atoms with van der Waals surface area (Å²) >= 11 is 0. The number of benzene rings is 2. The zero-order valence-corrected chi connectivity index (χ0v) is 15.4. The Morgan fingerprint density at radius 3 is 2.62 bits per heavy atom. The van der Waals surface area contributed by atoms with Crippen LogP contribution in [-0.2, 0) is 27.3 Å². The molecule has 0 saturated carbocycles. The zero-order valence-electron chi connectivity index (χ0n) is 15.4. The molecule has 136 valence electrons. The van der Waals surface area contributed by atoms with Crippen molar-refractivity contribution in [2.24, 2.45) is 0 Å². The van der Waals surface area contributed by atoms with Gasteiger partial charge in [0.05, 0.1) is 13.7 Å². The van der Waals surface area contributed by atoms with E-state index in [2.05, 4.69) is 5.32 Å². The maximum atomic E-state index is 12.6. The summed E-state index contributed by atoms with van der Waals surface area (Å²) in [6.07, 6.45) is 0.555. The molecule has 5 heteroatoms. The summed E-state index contributed by atoms with van der Waals surface area (Å²) in [5.41, 5.74) is 5.19. The Kier molecular flexibility index (Phi) is 5.38. The lowest BCUT2D eigenvalue weighted by Crippen LogP contribution is -2.49. The van der Waals surface area contributed by atoms with Crippen molar-refractivity contribution in [3.8, 4) is 0 Å². The first kappa shape index (κ1) is 18.1. The number of anilines is 1. The molecule has 0 aromatic heterocycles. The summed E-state index contributed by atoms with van der Waals surface area (Å²) in [7, 11) is 1.39. The van der Waals surface area contributed by atoms with E-state index in [4.69, 9.17) is 4.74 Å². The number of nitrogens with one attached hydrogen (secondary N) is 1. The molecule has 0 saturated heterocycles. The van der Waals surface area contributed by atoms with Crippen LogP contribution < -0.4 is 5.32 Å². The van der Waals surface area contributed by atoms with Gasteiger partial charge >= 0.3 is 5.97 Å². The van der Waals surface area contributed by atoms with Gasteiger partial charge in [0.1, 0.15) is 6.04 Å². The number of amides is 1. The molecule has 0 unspecified atom stereocenters. The van der Waals surface area contributed by atoms with Gasteiger partial charge in [-0.25, -0.2) is 0 Å². The van der Waals surface area contributed by atoms with Gasteiger partial charge in [-0.05, 0) is 48.6 Å². The molecule has 1 amide bonds. The van der Waals surface area contributed by atoms with Gasteiger partial charge in [-0.3, -0.25) is 14.5 Å². The van der Waals surface area contributed by atoms with Gasteiger partial charge in [0.25, 0.3) is 0 Å². The summed E-state index contributed by atoms with van der Waals surface area (Å²) in [5.74, 6) is -0.439. The van der Waals surface area contributed by atoms with E-state index in [1.54, 1.807) is 0 Å². The van der Waals surface area contributed by atoms with Crippen LogP contribution in [0.1, 0.15) is 22.3 Å². The van der Waals surface area contributed by atoms with Crippen LogP contribution in [0.2, 0.25) is 0 Å². The number of rotatable bonds is 4. The number of nitrogens with zero attached hydrogens (tertiary/aromatic N) is 1. The lowest BCUT2D eigenvalue weighted by molar-refractivity contribution is -0.148. The average Bonchev–Trinajstić information content (AvgIpc) is 2.63. The first-order valence-electron chi connectivity index (χ1n) is 8.73. The van der Waals surface area contributed by atoms with Gasteiger partial charge in [0, 0.05) is 12.2 Å². The maximum absolute atomic E-state index is 12.6. The SMILES string of the molecule is COC(=O)[C@@H]1Cc2ccccc2CN1CC(=O)Nc1cc(C)ccc1C. The molecular formula is C21H24N2O3. The minimum absolute atomic E-state index is 0.132. The van der Waals surface area contributed by atoms with Gasteiger partial charge in [-0.15, -0.1) is 0 Å². The molecule has 1 heterocycles. The van der Waals surface area contributed by atoms with Crippen molar-refractivity contribution in [3.63, 3.8) is 0 Å². The number of fused-ring (bicyclic) bond motifs is 1. The first-order chi connectivity index (χ1) is 12.5. The molecule has 5 nitrogen and oxygen atoms in total. The quantitative estimate of drug-likeness (QED) is 0.860. The lowest BCUT2D eigenvalue weighted by atomic mass is 9.94. The number of ether oxygens (including phenoxy) is 1. The van der Waals surface area contributed by atoms with Crippen LogP contribution >= 0.6 is 0 Å². The van der Waals surface area contributed by atoms with Gasteiger partial charge in [0.15, 0.2) is 0 Å². The van der Waals surface area contributed by atoms with Crippen LogP contribution in [0, 0.1) is 13.8 Å². The normalized spacial score (nSPS) is 16.7. The van der Waals surface area contributed by atoms with E-state index in [0.717, 1.165) is 27.9 Å². The predicted molar refractivity (Wildman–Crippen MR) is 101 cm³/mol. The van der Waals surface area contributed by atoms with Crippen LogP contribution in [0.3, 0.4) is 0 Å². The molecule has 1 N–H and O–H groups in total. The summed E-state index contributed by atoms with van der Waals surface area (Å²) < 4.78 is 4.96. The molecule has 0 aliphatic carbocycles. The molecule has 0 radical (unpaired) electrons. The van der Waals surface area contributed by atoms with Crippen molar-refractivity contribution in [1.82, 2.24) is 4.90 Å². The Bertz CT molecular complexity index is 832. The van der Waals surface area contributed by atoms with Gasteiger partial charge in [0.2, 0.25) is 5.91 Å². The number of hydrogen-bond acceptors (Lipinski definition) is 4. The molecule has 2 aromatic carbocycles. The highest BCUT2D eigenvalue weighted by molar-refractivity contribution is 5.93. The second-order valence-electron chi connectivity index (χ2n) is 6.78. The molecule has 1 aliphatic heterocycles. The fraction of sp³-hybridized carbons (Fsp3) is 0.333. The predicted octanol–water partition coefficient (Wildman–Crippen LogP) is 2.84. The van der Waals surface area contributed by atoms with Crippen LogP contribution in [0.25, 0.3) is 0 Å². The van der Waals surface area contributed by atoms with Crippen molar-refractivity contribution in [2.45, 2.75) is 32.9 Å². The largest absolute Gasteiger partial charge is 0.468 e. The van der Waals surface area contributed by atoms with Gasteiger partial charge in [-0.1, -0.05) is 36.4 Å². The second-order valence-corrected chi connectivity index (χ2v) is 6.78. The monoisotopic (exact) mass is 352 g/mol. The van der Waals surface area contributed by atoms with E-state index in [0.29, 0.717) is 13.0 Å². The highest BCUT2D eigenvalue weighted by Gasteiger charge is 2.33. The van der Waals surface area contributed by atoms with Gasteiger partial charge < -0.3 is 10.1 Å². The van der Waals surface area contributed by atoms with Crippen molar-refractivity contribution in [1.29, 1.82) is 0 Å². The molecular weight excluding hydrogens is 328 g/mol. The zero-order chi connectivity index (χ0) is 18.7. The van der Waals surface area contributed by atoms with Crippen molar-refractivity contribution >= 4 is 17.6 Å². The summed E-state index contributed by atoms with van der Waals surface area (Å²) in [6, 6.07) is 13.5. The Balaban J connectivity index is 1.76. The van der Waals surface area contributed by atoms with Crippen molar-refractivity contribution in [2.75, 3.05) is 19.0 Å². The second kappa shape index (κ2) is 7.70. The molecule has 3 rings (SSSR count). The Morgan fingerprint density at radius 1 is 1.15 bits per heavy atom. The third-order valence-corrected chi connectivity index (χ3v) is 4.83. The number of methoxy groups -OCH3 is 1. The number of carbonyl (C=O) groups is 2. The van der Waals surface area contributed by atoms with Gasteiger partial charge in [-0.2, -0.15) is 0 Å². The minimum Gasteiger partial charge on any atom is -0.468 e. The highest BCUT2D eigenvalue weighted by Crippen LogP contribution is 2.24. The van der Waals surface area contributed by atoms with Crippen LogP contribution in [0.15, 0.2) is 42.5 Å². The Labute approximate surface area is 154 Å². The standard InChI is InChI=1S/C21H24N2O3/c1-14-8-9-15(2)18(10-14)22-20(24)13-23-12-17-7-5-4-6-16(17)11-19(23)21(25)26-3/h4-10,19H,11-13H2,1-3H3,(H,22,24)/t19-/m0/s1. The third-order valence-electron chi connectivity index (χ3n) is 4.83.